The molecule has 0 aromatic carbocycles. The molecule has 0 radical (unpaired) electrons. The summed E-state index contributed by atoms with van der Waals surface area (Å²) >= 11 is 1.27. The highest BCUT2D eigenvalue weighted by Gasteiger charge is 2.21. The minimum absolute atomic E-state index is 0.486. The second-order valence-electron chi connectivity index (χ2n) is 3.68. The zero-order chi connectivity index (χ0) is 13.7. The summed E-state index contributed by atoms with van der Waals surface area (Å²) in [6.45, 7) is 4.20. The molecule has 17 heavy (non-hydrogen) atoms. The van der Waals surface area contributed by atoms with Gasteiger partial charge in [-0.2, -0.15) is 0 Å². The summed E-state index contributed by atoms with van der Waals surface area (Å²) in [5, 5.41) is 31.4. The van der Waals surface area contributed by atoms with Gasteiger partial charge in [0.15, 0.2) is 0 Å². The molecule has 0 unspecified atom stereocenters. The van der Waals surface area contributed by atoms with Crippen molar-refractivity contribution in [3.05, 3.63) is 0 Å². The van der Waals surface area contributed by atoms with E-state index in [1.165, 1.54) is 24.6 Å². The molecule has 104 valence electrons. The Morgan fingerprint density at radius 2 is 1.53 bits per heavy atom. The summed E-state index contributed by atoms with van der Waals surface area (Å²) in [5.74, 6) is 0.852. The smallest absolute Gasteiger partial charge is 0.450 e. The number of thioether (sulfide) groups is 1. The van der Waals surface area contributed by atoms with Crippen LogP contribution in [0, 0.1) is 0 Å². The average Bonchev–Trinajstić information content (AvgIpc) is 2.21. The lowest BCUT2D eigenvalue weighted by atomic mass is 10.2. The SMILES string of the molecule is CCCCCSC(O)(O)CCCC.O=C(O)O. The highest BCUT2D eigenvalue weighted by atomic mass is 32.2. The number of carboxylic acid groups (broad SMARTS) is 2. The fourth-order valence-electron chi connectivity index (χ4n) is 1.07. The molecule has 0 aliphatic rings. The maximum atomic E-state index is 9.46. The molecular weight excluding hydrogens is 244 g/mol. The molecule has 0 aromatic rings. The molecule has 0 fully saturated rings. The van der Waals surface area contributed by atoms with E-state index < -0.39 is 11.3 Å². The van der Waals surface area contributed by atoms with Crippen LogP contribution in [0.2, 0.25) is 0 Å². The molecule has 0 bridgehead atoms. The first-order valence-corrected chi connectivity index (χ1v) is 6.84. The van der Waals surface area contributed by atoms with Crippen LogP contribution in [0.15, 0.2) is 0 Å². The Bertz CT molecular complexity index is 181. The summed E-state index contributed by atoms with van der Waals surface area (Å²) in [7, 11) is 0. The van der Waals surface area contributed by atoms with Gasteiger partial charge in [-0.3, -0.25) is 0 Å². The first-order chi connectivity index (χ1) is 7.85. The van der Waals surface area contributed by atoms with Crippen LogP contribution in [0.4, 0.5) is 4.79 Å². The maximum Gasteiger partial charge on any atom is 0.503 e. The minimum atomic E-state index is -1.83. The van der Waals surface area contributed by atoms with Crippen LogP contribution in [-0.2, 0) is 0 Å². The van der Waals surface area contributed by atoms with Crippen molar-refractivity contribution >= 4 is 17.9 Å². The molecule has 0 spiro atoms. The number of hydrogen-bond acceptors (Lipinski definition) is 4. The van der Waals surface area contributed by atoms with Crippen molar-refractivity contribution in [1.29, 1.82) is 0 Å². The van der Waals surface area contributed by atoms with Crippen molar-refractivity contribution in [3.8, 4) is 0 Å². The molecule has 0 heterocycles. The molecule has 6 heteroatoms. The fourth-order valence-corrected chi connectivity index (χ4v) is 2.03. The predicted molar refractivity (Wildman–Crippen MR) is 69.3 cm³/mol. The van der Waals surface area contributed by atoms with E-state index in [0.29, 0.717) is 6.42 Å². The topological polar surface area (TPSA) is 98.0 Å². The lowest BCUT2D eigenvalue weighted by Gasteiger charge is -2.20. The van der Waals surface area contributed by atoms with Crippen molar-refractivity contribution < 1.29 is 25.2 Å². The second-order valence-corrected chi connectivity index (χ2v) is 5.04. The van der Waals surface area contributed by atoms with Gasteiger partial charge >= 0.3 is 6.16 Å². The van der Waals surface area contributed by atoms with Crippen LogP contribution < -0.4 is 0 Å². The first kappa shape index (κ1) is 18.9. The quantitative estimate of drug-likeness (QED) is 0.399. The highest BCUT2D eigenvalue weighted by molar-refractivity contribution is 8.00. The lowest BCUT2D eigenvalue weighted by Crippen LogP contribution is -2.23. The predicted octanol–water partition coefficient (Wildman–Crippen LogP) is 2.96. The van der Waals surface area contributed by atoms with Crippen molar-refractivity contribution in [2.24, 2.45) is 0 Å². The summed E-state index contributed by atoms with van der Waals surface area (Å²) < 4.78 is 0. The molecule has 0 aliphatic carbocycles. The van der Waals surface area contributed by atoms with Crippen LogP contribution in [0.5, 0.6) is 0 Å². The van der Waals surface area contributed by atoms with Crippen LogP contribution in [0.25, 0.3) is 0 Å². The van der Waals surface area contributed by atoms with Crippen molar-refractivity contribution in [1.82, 2.24) is 0 Å². The molecule has 0 rings (SSSR count). The van der Waals surface area contributed by atoms with E-state index in [-0.39, 0.29) is 0 Å². The van der Waals surface area contributed by atoms with Gasteiger partial charge in [0, 0.05) is 6.42 Å². The van der Waals surface area contributed by atoms with Crippen LogP contribution >= 0.6 is 11.8 Å². The number of rotatable bonds is 8. The first-order valence-electron chi connectivity index (χ1n) is 5.86. The number of aliphatic hydroxyl groups is 2. The molecule has 0 aromatic heterocycles. The molecular formula is C11H24O5S. The van der Waals surface area contributed by atoms with E-state index in [2.05, 4.69) is 13.8 Å². The van der Waals surface area contributed by atoms with E-state index in [1.807, 2.05) is 0 Å². The standard InChI is InChI=1S/C10H22O2S.CH2O3/c1-3-5-7-9-13-10(11,12)8-6-4-2;2-1(3)4/h11-12H,3-9H2,1-2H3;(H2,2,3,4). The Labute approximate surface area is 107 Å². The van der Waals surface area contributed by atoms with E-state index in [0.717, 1.165) is 25.0 Å². The van der Waals surface area contributed by atoms with Gasteiger partial charge in [0.1, 0.15) is 0 Å². The third kappa shape index (κ3) is 21.4. The van der Waals surface area contributed by atoms with Gasteiger partial charge in [-0.1, -0.05) is 44.9 Å². The Balaban J connectivity index is 0. The van der Waals surface area contributed by atoms with Crippen molar-refractivity contribution in [2.75, 3.05) is 5.75 Å². The monoisotopic (exact) mass is 268 g/mol. The van der Waals surface area contributed by atoms with E-state index in [1.54, 1.807) is 0 Å². The lowest BCUT2D eigenvalue weighted by molar-refractivity contribution is -0.0822. The van der Waals surface area contributed by atoms with Gasteiger partial charge in [-0.15, -0.1) is 0 Å². The van der Waals surface area contributed by atoms with Gasteiger partial charge in [-0.25, -0.2) is 4.79 Å². The van der Waals surface area contributed by atoms with Gasteiger partial charge in [0.05, 0.1) is 0 Å². The van der Waals surface area contributed by atoms with Gasteiger partial charge in [-0.05, 0) is 18.6 Å². The normalized spacial score (nSPS) is 10.6. The summed E-state index contributed by atoms with van der Waals surface area (Å²) in [6, 6.07) is 0. The van der Waals surface area contributed by atoms with E-state index >= 15 is 0 Å². The summed E-state index contributed by atoms with van der Waals surface area (Å²) in [4.78, 5) is 8.56. The zero-order valence-corrected chi connectivity index (χ0v) is 11.4. The number of unbranched alkanes of at least 4 members (excludes halogenated alkanes) is 3. The Hall–Kier alpha value is -0.460. The Morgan fingerprint density at radius 3 is 1.94 bits per heavy atom. The summed E-state index contributed by atoms with van der Waals surface area (Å²) in [6.07, 6.45) is 3.98. The van der Waals surface area contributed by atoms with Crippen LogP contribution in [0.3, 0.4) is 0 Å². The molecule has 0 saturated carbocycles. The highest BCUT2D eigenvalue weighted by Crippen LogP contribution is 2.26. The molecule has 0 amide bonds. The maximum absolute atomic E-state index is 9.46. The largest absolute Gasteiger partial charge is 0.503 e. The second kappa shape index (κ2) is 12.0. The van der Waals surface area contributed by atoms with Crippen molar-refractivity contribution in [3.63, 3.8) is 0 Å². The Kier molecular flexibility index (Phi) is 13.3. The number of carbonyl (C=O) groups is 1. The molecule has 4 N–H and O–H groups in total. The zero-order valence-electron chi connectivity index (χ0n) is 10.6. The van der Waals surface area contributed by atoms with Gasteiger partial charge in [0.25, 0.3) is 0 Å². The fraction of sp³-hybridized carbons (Fsp3) is 0.909. The summed E-state index contributed by atoms with van der Waals surface area (Å²) in [5.41, 5.74) is 0. The third-order valence-electron chi connectivity index (χ3n) is 1.94. The molecule has 0 atom stereocenters. The molecule has 0 saturated heterocycles. The minimum Gasteiger partial charge on any atom is -0.450 e. The van der Waals surface area contributed by atoms with Crippen molar-refractivity contribution in [2.45, 2.75) is 57.5 Å². The van der Waals surface area contributed by atoms with Gasteiger partial charge < -0.3 is 20.4 Å². The van der Waals surface area contributed by atoms with Crippen LogP contribution in [-0.4, -0.2) is 37.5 Å². The van der Waals surface area contributed by atoms with Gasteiger partial charge in [0.2, 0.25) is 5.12 Å². The molecule has 0 aliphatic heterocycles. The van der Waals surface area contributed by atoms with E-state index in [9.17, 15) is 10.2 Å². The number of hydrogen-bond donors (Lipinski definition) is 4. The Morgan fingerprint density at radius 1 is 1.06 bits per heavy atom. The van der Waals surface area contributed by atoms with E-state index in [4.69, 9.17) is 15.0 Å². The molecule has 5 nitrogen and oxygen atoms in total. The average molecular weight is 268 g/mol. The third-order valence-corrected chi connectivity index (χ3v) is 3.10. The van der Waals surface area contributed by atoms with Crippen LogP contribution in [0.1, 0.15) is 52.4 Å².